The molecule has 270 valence electrons. The molecule has 8 nitrogen and oxygen atoms in total. The predicted octanol–water partition coefficient (Wildman–Crippen LogP) is 8.70. The Morgan fingerprint density at radius 2 is 1.33 bits per heavy atom. The molecule has 0 saturated heterocycles. The van der Waals surface area contributed by atoms with Crippen LogP contribution in [0.25, 0.3) is 0 Å². The number of para-hydroxylation sites is 1. The van der Waals surface area contributed by atoms with Gasteiger partial charge in [-0.15, -0.1) is 0 Å². The predicted molar refractivity (Wildman–Crippen MR) is 207 cm³/mol. The summed E-state index contributed by atoms with van der Waals surface area (Å²) in [6.07, 6.45) is 0.162. The van der Waals surface area contributed by atoms with Crippen LogP contribution in [-0.4, -0.2) is 44.3 Å². The number of ether oxygens (including phenoxy) is 1. The molecule has 1 atom stereocenters. The Bertz CT molecular complexity index is 2040. The second-order valence-electron chi connectivity index (χ2n) is 12.8. The number of halogens is 2. The molecular weight excluding hydrogens is 717 g/mol. The van der Waals surface area contributed by atoms with Crippen molar-refractivity contribution in [3.8, 4) is 11.5 Å². The lowest BCUT2D eigenvalue weighted by atomic mass is 10.0. The summed E-state index contributed by atoms with van der Waals surface area (Å²) in [6.45, 7) is 5.42. The minimum atomic E-state index is -4.29. The van der Waals surface area contributed by atoms with Crippen molar-refractivity contribution in [2.75, 3.05) is 17.4 Å². The Kier molecular flexibility index (Phi) is 13.0. The molecule has 0 aliphatic carbocycles. The van der Waals surface area contributed by atoms with Crippen LogP contribution in [-0.2, 0) is 32.6 Å². The van der Waals surface area contributed by atoms with Gasteiger partial charge in [0.05, 0.1) is 10.6 Å². The molecule has 0 saturated carbocycles. The average molecular weight is 759 g/mol. The molecule has 0 heterocycles. The number of nitrogens with zero attached hydrogens (tertiary/aromatic N) is 2. The van der Waals surface area contributed by atoms with Gasteiger partial charge in [0.2, 0.25) is 11.8 Å². The van der Waals surface area contributed by atoms with E-state index < -0.39 is 28.5 Å². The maximum Gasteiger partial charge on any atom is 0.264 e. The van der Waals surface area contributed by atoms with Crippen LogP contribution >= 0.6 is 23.2 Å². The van der Waals surface area contributed by atoms with Gasteiger partial charge in [-0.25, -0.2) is 8.42 Å². The van der Waals surface area contributed by atoms with Crippen LogP contribution in [0.3, 0.4) is 0 Å². The van der Waals surface area contributed by atoms with Gasteiger partial charge in [-0.2, -0.15) is 0 Å². The van der Waals surface area contributed by atoms with Crippen molar-refractivity contribution in [1.82, 2.24) is 10.2 Å². The van der Waals surface area contributed by atoms with Crippen LogP contribution in [0.15, 0.2) is 132 Å². The monoisotopic (exact) mass is 757 g/mol. The van der Waals surface area contributed by atoms with Crippen molar-refractivity contribution in [3.05, 3.63) is 154 Å². The standard InChI is InChI=1S/C41H41Cl2N3O5S/c1-29(2)26-44-41(48)39(25-31-11-6-4-7-12-31)45(27-36-37(42)15-10-16-38(36)43)40(47)28-46(52(49,50)35-23-17-30(3)18-24-35)32-19-21-34(22-20-32)51-33-13-8-5-9-14-33/h4-24,29,39H,25-28H2,1-3H3,(H,44,48)/t39-/m1/s1. The highest BCUT2D eigenvalue weighted by Gasteiger charge is 2.35. The number of amides is 2. The number of hydrogen-bond acceptors (Lipinski definition) is 5. The van der Waals surface area contributed by atoms with Crippen LogP contribution in [0.4, 0.5) is 5.69 Å². The first-order chi connectivity index (χ1) is 24.9. The van der Waals surface area contributed by atoms with Gasteiger partial charge >= 0.3 is 0 Å². The van der Waals surface area contributed by atoms with Crippen molar-refractivity contribution in [2.24, 2.45) is 5.92 Å². The molecule has 1 N–H and O–H groups in total. The summed E-state index contributed by atoms with van der Waals surface area (Å²) in [4.78, 5) is 30.2. The van der Waals surface area contributed by atoms with E-state index >= 15 is 0 Å². The van der Waals surface area contributed by atoms with E-state index in [1.54, 1.807) is 54.6 Å². The number of hydrogen-bond donors (Lipinski definition) is 1. The van der Waals surface area contributed by atoms with E-state index in [0.29, 0.717) is 33.7 Å². The van der Waals surface area contributed by atoms with Gasteiger partial charge in [0, 0.05) is 35.1 Å². The third kappa shape index (κ3) is 9.94. The lowest BCUT2D eigenvalue weighted by Gasteiger charge is -2.34. The van der Waals surface area contributed by atoms with Crippen molar-refractivity contribution < 1.29 is 22.7 Å². The van der Waals surface area contributed by atoms with Crippen LogP contribution in [0.1, 0.15) is 30.5 Å². The molecule has 0 spiro atoms. The summed E-state index contributed by atoms with van der Waals surface area (Å²) in [5.74, 6) is 0.228. The Hall–Kier alpha value is -4.83. The number of benzene rings is 5. The number of rotatable bonds is 15. The fourth-order valence-electron chi connectivity index (χ4n) is 5.50. The molecule has 0 radical (unpaired) electrons. The maximum atomic E-state index is 14.8. The van der Waals surface area contributed by atoms with Crippen LogP contribution in [0.2, 0.25) is 10.0 Å². The quantitative estimate of drug-likeness (QED) is 0.115. The average Bonchev–Trinajstić information content (AvgIpc) is 3.13. The summed E-state index contributed by atoms with van der Waals surface area (Å²) in [5, 5.41) is 3.60. The van der Waals surface area contributed by atoms with Crippen LogP contribution < -0.4 is 14.4 Å². The molecule has 0 bridgehead atoms. The first-order valence-corrected chi connectivity index (χ1v) is 19.1. The molecule has 5 rings (SSSR count). The highest BCUT2D eigenvalue weighted by molar-refractivity contribution is 7.92. The smallest absolute Gasteiger partial charge is 0.264 e. The topological polar surface area (TPSA) is 96.0 Å². The van der Waals surface area contributed by atoms with E-state index in [1.165, 1.54) is 17.0 Å². The summed E-state index contributed by atoms with van der Waals surface area (Å²) < 4.78 is 35.8. The van der Waals surface area contributed by atoms with E-state index in [2.05, 4.69) is 5.32 Å². The third-order valence-corrected chi connectivity index (χ3v) is 10.8. The van der Waals surface area contributed by atoms with Gasteiger partial charge in [-0.05, 0) is 79.1 Å². The maximum absolute atomic E-state index is 14.8. The zero-order valence-corrected chi connectivity index (χ0v) is 31.5. The Morgan fingerprint density at radius 3 is 1.92 bits per heavy atom. The molecule has 0 unspecified atom stereocenters. The molecule has 0 aliphatic heterocycles. The third-order valence-electron chi connectivity index (χ3n) is 8.34. The number of carbonyl (C=O) groups is 2. The van der Waals surface area contributed by atoms with Crippen LogP contribution in [0.5, 0.6) is 11.5 Å². The zero-order chi connectivity index (χ0) is 37.3. The van der Waals surface area contributed by atoms with Crippen molar-refractivity contribution in [3.63, 3.8) is 0 Å². The Balaban J connectivity index is 1.58. The van der Waals surface area contributed by atoms with Crippen molar-refractivity contribution in [1.29, 1.82) is 0 Å². The normalized spacial score (nSPS) is 11.9. The Morgan fingerprint density at radius 1 is 0.750 bits per heavy atom. The molecule has 0 fully saturated rings. The zero-order valence-electron chi connectivity index (χ0n) is 29.2. The van der Waals surface area contributed by atoms with E-state index in [4.69, 9.17) is 27.9 Å². The summed E-state index contributed by atoms with van der Waals surface area (Å²) >= 11 is 13.2. The number of carbonyl (C=O) groups excluding carboxylic acids is 2. The fourth-order valence-corrected chi connectivity index (χ4v) is 7.43. The van der Waals surface area contributed by atoms with Gasteiger partial charge in [0.25, 0.3) is 10.0 Å². The SMILES string of the molecule is Cc1ccc(S(=O)(=O)N(CC(=O)N(Cc2c(Cl)cccc2Cl)[C@H](Cc2ccccc2)C(=O)NCC(C)C)c2ccc(Oc3ccccc3)cc2)cc1. The van der Waals surface area contributed by atoms with Crippen LogP contribution in [0, 0.1) is 12.8 Å². The molecule has 5 aromatic carbocycles. The second kappa shape index (κ2) is 17.6. The lowest BCUT2D eigenvalue weighted by molar-refractivity contribution is -0.140. The van der Waals surface area contributed by atoms with E-state index in [0.717, 1.165) is 15.4 Å². The minimum absolute atomic E-state index is 0.00622. The Labute approximate surface area is 316 Å². The molecule has 11 heteroatoms. The first-order valence-electron chi connectivity index (χ1n) is 16.9. The number of anilines is 1. The van der Waals surface area contributed by atoms with E-state index in [9.17, 15) is 18.0 Å². The van der Waals surface area contributed by atoms with Crippen molar-refractivity contribution >= 4 is 50.7 Å². The second-order valence-corrected chi connectivity index (χ2v) is 15.5. The highest BCUT2D eigenvalue weighted by atomic mass is 35.5. The summed E-state index contributed by atoms with van der Waals surface area (Å²) in [6, 6.07) is 35.4. The molecule has 2 amide bonds. The number of nitrogens with one attached hydrogen (secondary N) is 1. The van der Waals surface area contributed by atoms with Gasteiger partial charge in [0.1, 0.15) is 24.1 Å². The molecule has 0 aromatic heterocycles. The van der Waals surface area contributed by atoms with Gasteiger partial charge in [-0.1, -0.05) is 109 Å². The van der Waals surface area contributed by atoms with Crippen molar-refractivity contribution in [2.45, 2.75) is 44.7 Å². The van der Waals surface area contributed by atoms with Gasteiger partial charge in [0.15, 0.2) is 0 Å². The molecule has 0 aliphatic rings. The fraction of sp³-hybridized carbons (Fsp3) is 0.220. The first kappa shape index (κ1) is 38.4. The highest BCUT2D eigenvalue weighted by Crippen LogP contribution is 2.31. The van der Waals surface area contributed by atoms with Gasteiger partial charge in [-0.3, -0.25) is 13.9 Å². The number of sulfonamides is 1. The number of aryl methyl sites for hydroxylation is 1. The molecular formula is C41H41Cl2N3O5S. The lowest BCUT2D eigenvalue weighted by Crippen LogP contribution is -2.53. The summed E-state index contributed by atoms with van der Waals surface area (Å²) in [7, 11) is -4.29. The minimum Gasteiger partial charge on any atom is -0.457 e. The largest absolute Gasteiger partial charge is 0.457 e. The van der Waals surface area contributed by atoms with E-state index in [-0.39, 0.29) is 35.4 Å². The van der Waals surface area contributed by atoms with Gasteiger partial charge < -0.3 is 15.0 Å². The molecule has 5 aromatic rings. The molecule has 52 heavy (non-hydrogen) atoms. The summed E-state index contributed by atoms with van der Waals surface area (Å²) in [5.41, 5.74) is 2.36. The van der Waals surface area contributed by atoms with E-state index in [1.807, 2.05) is 81.4 Å².